The smallest absolute Gasteiger partial charge is 0.163 e. The molecule has 0 amide bonds. The maximum atomic E-state index is 12.3. The number of allylic oxidation sites excluding steroid dienone is 2. The fraction of sp³-hybridized carbons (Fsp3) is 0.379. The lowest BCUT2D eigenvalue weighted by Crippen LogP contribution is -2.44. The van der Waals surface area contributed by atoms with Crippen LogP contribution in [0, 0.1) is 0 Å². The molecule has 0 spiro atoms. The molecule has 0 aliphatic carbocycles. The first kappa shape index (κ1) is 24.9. The minimum Gasteiger partial charge on any atom is -0.369 e. The summed E-state index contributed by atoms with van der Waals surface area (Å²) in [5.41, 5.74) is 4.33. The van der Waals surface area contributed by atoms with Gasteiger partial charge in [-0.2, -0.15) is 0 Å². The van der Waals surface area contributed by atoms with E-state index in [2.05, 4.69) is 58.0 Å². The van der Waals surface area contributed by atoms with Gasteiger partial charge in [0.25, 0.3) is 0 Å². The first-order valence-corrected chi connectivity index (χ1v) is 12.5. The van der Waals surface area contributed by atoms with E-state index < -0.39 is 0 Å². The van der Waals surface area contributed by atoms with Gasteiger partial charge >= 0.3 is 0 Å². The predicted octanol–water partition coefficient (Wildman–Crippen LogP) is 3.45. The van der Waals surface area contributed by atoms with E-state index >= 15 is 0 Å². The van der Waals surface area contributed by atoms with Crippen molar-refractivity contribution in [3.05, 3.63) is 71.8 Å². The molecule has 4 rings (SSSR count). The van der Waals surface area contributed by atoms with Crippen LogP contribution >= 0.6 is 0 Å². The molecule has 6 heteroatoms. The van der Waals surface area contributed by atoms with Crippen LogP contribution in [0.15, 0.2) is 60.7 Å². The van der Waals surface area contributed by atoms with Crippen LogP contribution in [0.2, 0.25) is 0 Å². The van der Waals surface area contributed by atoms with Gasteiger partial charge in [0, 0.05) is 63.7 Å². The van der Waals surface area contributed by atoms with Crippen molar-refractivity contribution in [1.82, 2.24) is 9.80 Å². The average Bonchev–Trinajstić information content (AvgIpc) is 2.88. The Morgan fingerprint density at radius 1 is 0.600 bits per heavy atom. The van der Waals surface area contributed by atoms with Crippen LogP contribution in [0.25, 0.3) is 12.2 Å². The molecule has 2 fully saturated rings. The molecule has 0 radical (unpaired) electrons. The van der Waals surface area contributed by atoms with Gasteiger partial charge in [0.05, 0.1) is 6.42 Å². The lowest BCUT2D eigenvalue weighted by molar-refractivity contribution is -0.121. The molecule has 2 aromatic carbocycles. The van der Waals surface area contributed by atoms with Crippen molar-refractivity contribution in [1.29, 1.82) is 0 Å². The molecular formula is C29H36N4O2. The first-order chi connectivity index (χ1) is 17.0. The number of ketones is 2. The summed E-state index contributed by atoms with van der Waals surface area (Å²) in [5, 5.41) is 0. The minimum absolute atomic E-state index is 0.119. The van der Waals surface area contributed by atoms with Crippen molar-refractivity contribution in [2.24, 2.45) is 0 Å². The summed E-state index contributed by atoms with van der Waals surface area (Å²) in [6.07, 6.45) is 6.45. The Morgan fingerprint density at radius 3 is 1.29 bits per heavy atom. The SMILES string of the molecule is CN1CCN(c2ccc(/C=C/C(=O)CC(=O)/C=C/c3ccc(N4CCN(C)CC4)cc3)cc2)CC1. The molecule has 2 saturated heterocycles. The van der Waals surface area contributed by atoms with E-state index in [0.29, 0.717) is 0 Å². The summed E-state index contributed by atoms with van der Waals surface area (Å²) < 4.78 is 0. The fourth-order valence-corrected chi connectivity index (χ4v) is 4.39. The van der Waals surface area contributed by atoms with Crippen molar-refractivity contribution >= 4 is 35.1 Å². The zero-order valence-electron chi connectivity index (χ0n) is 20.9. The summed E-state index contributed by atoms with van der Waals surface area (Å²) in [7, 11) is 4.30. The van der Waals surface area contributed by atoms with Crippen LogP contribution in [0.4, 0.5) is 11.4 Å². The lowest BCUT2D eigenvalue weighted by atomic mass is 10.1. The molecule has 0 bridgehead atoms. The lowest BCUT2D eigenvalue weighted by Gasteiger charge is -2.34. The molecule has 0 N–H and O–H groups in total. The molecule has 2 aliphatic rings. The quantitative estimate of drug-likeness (QED) is 0.433. The molecular weight excluding hydrogens is 436 g/mol. The number of piperazine rings is 2. The summed E-state index contributed by atoms with van der Waals surface area (Å²) in [6.45, 7) is 8.39. The highest BCUT2D eigenvalue weighted by molar-refractivity contribution is 6.10. The normalized spacial score (nSPS) is 18.0. The number of carbonyl (C=O) groups excluding carboxylic acids is 2. The monoisotopic (exact) mass is 472 g/mol. The molecule has 184 valence electrons. The van der Waals surface area contributed by atoms with E-state index in [4.69, 9.17) is 0 Å². The summed E-state index contributed by atoms with van der Waals surface area (Å²) in [6, 6.07) is 16.5. The number of benzene rings is 2. The van der Waals surface area contributed by atoms with Crippen LogP contribution in [-0.4, -0.2) is 87.8 Å². The highest BCUT2D eigenvalue weighted by atomic mass is 16.1. The molecule has 0 atom stereocenters. The maximum absolute atomic E-state index is 12.3. The highest BCUT2D eigenvalue weighted by Gasteiger charge is 2.15. The van der Waals surface area contributed by atoms with E-state index in [1.807, 2.05) is 24.3 Å². The zero-order chi connectivity index (χ0) is 24.6. The molecule has 2 aromatic rings. The second kappa shape index (κ2) is 12.0. The Hall–Kier alpha value is -3.22. The Kier molecular flexibility index (Phi) is 8.50. The number of hydrogen-bond acceptors (Lipinski definition) is 6. The third-order valence-electron chi connectivity index (χ3n) is 6.79. The van der Waals surface area contributed by atoms with Crippen LogP contribution < -0.4 is 9.80 Å². The Morgan fingerprint density at radius 2 is 0.943 bits per heavy atom. The van der Waals surface area contributed by atoms with Gasteiger partial charge in [0.2, 0.25) is 0 Å². The summed E-state index contributed by atoms with van der Waals surface area (Å²) in [5.74, 6) is -0.374. The van der Waals surface area contributed by atoms with Crippen molar-refractivity contribution in [2.45, 2.75) is 6.42 Å². The second-order valence-electron chi connectivity index (χ2n) is 9.54. The predicted molar refractivity (Wildman–Crippen MR) is 145 cm³/mol. The van der Waals surface area contributed by atoms with Gasteiger partial charge in [-0.3, -0.25) is 9.59 Å². The average molecular weight is 473 g/mol. The number of likely N-dealkylation sites (N-methyl/N-ethyl adjacent to an activating group) is 2. The van der Waals surface area contributed by atoms with E-state index in [9.17, 15) is 9.59 Å². The van der Waals surface area contributed by atoms with Crippen molar-refractivity contribution in [2.75, 3.05) is 76.3 Å². The number of hydrogen-bond donors (Lipinski definition) is 0. The maximum Gasteiger partial charge on any atom is 0.163 e. The van der Waals surface area contributed by atoms with Gasteiger partial charge in [-0.1, -0.05) is 36.4 Å². The van der Waals surface area contributed by atoms with Gasteiger partial charge in [0.15, 0.2) is 11.6 Å². The first-order valence-electron chi connectivity index (χ1n) is 12.5. The van der Waals surface area contributed by atoms with E-state index in [0.717, 1.165) is 63.5 Å². The topological polar surface area (TPSA) is 47.1 Å². The second-order valence-corrected chi connectivity index (χ2v) is 9.54. The Labute approximate surface area is 209 Å². The number of nitrogens with zero attached hydrogens (tertiary/aromatic N) is 4. The number of rotatable bonds is 8. The Bertz CT molecular complexity index is 958. The molecule has 2 aliphatic heterocycles. The molecule has 0 saturated carbocycles. The van der Waals surface area contributed by atoms with Crippen LogP contribution in [0.3, 0.4) is 0 Å². The highest BCUT2D eigenvalue weighted by Crippen LogP contribution is 2.19. The van der Waals surface area contributed by atoms with Crippen molar-refractivity contribution in [3.8, 4) is 0 Å². The van der Waals surface area contributed by atoms with Crippen LogP contribution in [0.5, 0.6) is 0 Å². The van der Waals surface area contributed by atoms with E-state index in [1.54, 1.807) is 12.2 Å². The van der Waals surface area contributed by atoms with Crippen LogP contribution in [-0.2, 0) is 9.59 Å². The molecule has 0 unspecified atom stereocenters. The fourth-order valence-electron chi connectivity index (χ4n) is 4.39. The van der Waals surface area contributed by atoms with Crippen molar-refractivity contribution < 1.29 is 9.59 Å². The van der Waals surface area contributed by atoms with Gasteiger partial charge in [-0.05, 0) is 61.6 Å². The van der Waals surface area contributed by atoms with Crippen LogP contribution in [0.1, 0.15) is 17.5 Å². The van der Waals surface area contributed by atoms with Gasteiger partial charge in [0.1, 0.15) is 0 Å². The molecule has 35 heavy (non-hydrogen) atoms. The molecule has 6 nitrogen and oxygen atoms in total. The van der Waals surface area contributed by atoms with Crippen molar-refractivity contribution in [3.63, 3.8) is 0 Å². The standard InChI is InChI=1S/C29H36N4O2/c1-30-15-19-32(20-16-30)26-9-3-24(4-10-26)7-13-28(34)23-29(35)14-8-25-5-11-27(12-6-25)33-21-17-31(2)18-22-33/h3-14H,15-23H2,1-2H3/b13-7+,14-8+. The zero-order valence-corrected chi connectivity index (χ0v) is 20.9. The van der Waals surface area contributed by atoms with E-state index in [1.165, 1.54) is 23.5 Å². The molecule has 0 aromatic heterocycles. The van der Waals surface area contributed by atoms with Gasteiger partial charge in [-0.25, -0.2) is 0 Å². The van der Waals surface area contributed by atoms with E-state index in [-0.39, 0.29) is 18.0 Å². The Balaban J connectivity index is 1.23. The van der Waals surface area contributed by atoms with Gasteiger partial charge in [-0.15, -0.1) is 0 Å². The number of carbonyl (C=O) groups is 2. The molecule has 2 heterocycles. The minimum atomic E-state index is -0.187. The summed E-state index contributed by atoms with van der Waals surface area (Å²) >= 11 is 0. The largest absolute Gasteiger partial charge is 0.369 e. The van der Waals surface area contributed by atoms with Gasteiger partial charge < -0.3 is 19.6 Å². The third-order valence-corrected chi connectivity index (χ3v) is 6.79. The number of anilines is 2. The summed E-state index contributed by atoms with van der Waals surface area (Å²) in [4.78, 5) is 34.0. The third kappa shape index (κ3) is 7.38.